The van der Waals surface area contributed by atoms with Gasteiger partial charge in [-0.15, -0.1) is 0 Å². The Morgan fingerprint density at radius 3 is 2.23 bits per heavy atom. The molecule has 26 heavy (non-hydrogen) atoms. The van der Waals surface area contributed by atoms with E-state index < -0.39 is 0 Å². The van der Waals surface area contributed by atoms with E-state index >= 15 is 0 Å². The monoisotopic (exact) mass is 340 g/mol. The number of hydrogen-bond acceptors (Lipinski definition) is 4. The molecule has 4 nitrogen and oxygen atoms in total. The Labute approximate surface area is 152 Å². The third-order valence-electron chi connectivity index (χ3n) is 3.74. The highest BCUT2D eigenvalue weighted by Crippen LogP contribution is 2.19. The summed E-state index contributed by atoms with van der Waals surface area (Å²) in [4.78, 5) is 16.5. The minimum absolute atomic E-state index is 0.390. The first-order valence-corrected chi connectivity index (χ1v) is 8.07. The van der Waals surface area contributed by atoms with Gasteiger partial charge in [0.1, 0.15) is 5.75 Å². The summed E-state index contributed by atoms with van der Waals surface area (Å²) in [7, 11) is 0. The highest BCUT2D eigenvalue weighted by atomic mass is 16.5. The molecule has 126 valence electrons. The van der Waals surface area contributed by atoms with Gasteiger partial charge in [0.2, 0.25) is 0 Å². The van der Waals surface area contributed by atoms with E-state index in [9.17, 15) is 4.79 Å². The lowest BCUT2D eigenvalue weighted by Gasteiger charge is -2.05. The van der Waals surface area contributed by atoms with Gasteiger partial charge in [0.05, 0.1) is 22.9 Å². The molecule has 0 aromatic heterocycles. The van der Waals surface area contributed by atoms with Crippen molar-refractivity contribution in [3.8, 4) is 11.8 Å². The number of ether oxygens (including phenoxy) is 1. The first-order chi connectivity index (χ1) is 12.6. The maximum Gasteiger partial charge on any atom is 0.343 e. The molecule has 0 saturated carbocycles. The summed E-state index contributed by atoms with van der Waals surface area (Å²) in [5.74, 6) is 0.0757. The van der Waals surface area contributed by atoms with Crippen molar-refractivity contribution in [2.24, 2.45) is 4.99 Å². The molecule has 3 rings (SSSR count). The first kappa shape index (κ1) is 17.1. The molecule has 0 radical (unpaired) electrons. The molecule has 0 atom stereocenters. The number of carbonyl (C=O) groups is 1. The number of aliphatic imine (C=N–C) groups is 1. The van der Waals surface area contributed by atoms with Crippen LogP contribution in [0.25, 0.3) is 0 Å². The van der Waals surface area contributed by atoms with Gasteiger partial charge in [-0.1, -0.05) is 29.8 Å². The average molecular weight is 340 g/mol. The number of nitrogens with zero attached hydrogens (tertiary/aromatic N) is 2. The molecule has 4 heteroatoms. The van der Waals surface area contributed by atoms with Crippen LogP contribution in [-0.4, -0.2) is 12.2 Å². The first-order valence-electron chi connectivity index (χ1n) is 8.07. The lowest BCUT2D eigenvalue weighted by molar-refractivity contribution is 0.0735. The number of benzene rings is 3. The van der Waals surface area contributed by atoms with Gasteiger partial charge in [0.15, 0.2) is 0 Å². The number of aryl methyl sites for hydroxylation is 1. The van der Waals surface area contributed by atoms with Gasteiger partial charge in [-0.05, 0) is 61.0 Å². The zero-order valence-corrected chi connectivity index (χ0v) is 14.2. The topological polar surface area (TPSA) is 62.4 Å². The van der Waals surface area contributed by atoms with Gasteiger partial charge in [-0.3, -0.25) is 4.99 Å². The van der Waals surface area contributed by atoms with Gasteiger partial charge in [0.25, 0.3) is 0 Å². The Bertz CT molecular complexity index is 965. The highest BCUT2D eigenvalue weighted by molar-refractivity contribution is 5.91. The van der Waals surface area contributed by atoms with E-state index in [2.05, 4.69) is 11.1 Å². The van der Waals surface area contributed by atoms with E-state index in [0.717, 1.165) is 16.8 Å². The lowest BCUT2D eigenvalue weighted by atomic mass is 10.1. The van der Waals surface area contributed by atoms with Crippen LogP contribution in [0.4, 0.5) is 5.69 Å². The van der Waals surface area contributed by atoms with E-state index in [1.54, 1.807) is 54.7 Å². The lowest BCUT2D eigenvalue weighted by Crippen LogP contribution is -2.08. The standard InChI is InChI=1S/C22H16N2O2/c1-16-2-8-19(9-3-16)22(25)26-21-12-10-20(11-13-21)24-15-18-6-4-17(14-23)5-7-18/h2-13,15H,1H3. The van der Waals surface area contributed by atoms with Crippen molar-refractivity contribution in [3.63, 3.8) is 0 Å². The Balaban J connectivity index is 1.64. The molecule has 0 saturated heterocycles. The van der Waals surface area contributed by atoms with Crippen LogP contribution in [0.5, 0.6) is 5.75 Å². The van der Waals surface area contributed by atoms with Crippen molar-refractivity contribution in [2.75, 3.05) is 0 Å². The van der Waals surface area contributed by atoms with E-state index in [-0.39, 0.29) is 5.97 Å². The van der Waals surface area contributed by atoms with Gasteiger partial charge in [0, 0.05) is 6.21 Å². The predicted octanol–water partition coefficient (Wildman–Crippen LogP) is 4.84. The van der Waals surface area contributed by atoms with E-state index in [1.165, 1.54) is 0 Å². The third-order valence-corrected chi connectivity index (χ3v) is 3.74. The van der Waals surface area contributed by atoms with Crippen molar-refractivity contribution < 1.29 is 9.53 Å². The smallest absolute Gasteiger partial charge is 0.343 e. The van der Waals surface area contributed by atoms with E-state index in [1.807, 2.05) is 31.2 Å². The summed E-state index contributed by atoms with van der Waals surface area (Å²) >= 11 is 0. The fourth-order valence-corrected chi connectivity index (χ4v) is 2.25. The summed E-state index contributed by atoms with van der Waals surface area (Å²) in [5.41, 5.74) is 3.86. The SMILES string of the molecule is Cc1ccc(C(=O)Oc2ccc(N=Cc3ccc(C#N)cc3)cc2)cc1. The van der Waals surface area contributed by atoms with Gasteiger partial charge in [-0.2, -0.15) is 5.26 Å². The predicted molar refractivity (Wildman–Crippen MR) is 101 cm³/mol. The third kappa shape index (κ3) is 4.43. The van der Waals surface area contributed by atoms with Crippen LogP contribution in [-0.2, 0) is 0 Å². The fraction of sp³-hybridized carbons (Fsp3) is 0.0455. The Kier molecular flexibility index (Phi) is 5.21. The van der Waals surface area contributed by atoms with Gasteiger partial charge in [-0.25, -0.2) is 4.79 Å². The minimum Gasteiger partial charge on any atom is -0.423 e. The minimum atomic E-state index is -0.390. The van der Waals surface area contributed by atoms with Crippen molar-refractivity contribution >= 4 is 17.9 Å². The molecule has 0 aliphatic carbocycles. The molecular formula is C22H16N2O2. The largest absolute Gasteiger partial charge is 0.423 e. The second-order valence-electron chi connectivity index (χ2n) is 5.74. The summed E-state index contributed by atoms with van der Waals surface area (Å²) in [6, 6.07) is 23.4. The van der Waals surface area contributed by atoms with Crippen molar-refractivity contribution in [1.29, 1.82) is 5.26 Å². The number of esters is 1. The van der Waals surface area contributed by atoms with Crippen molar-refractivity contribution in [3.05, 3.63) is 95.1 Å². The highest BCUT2D eigenvalue weighted by Gasteiger charge is 2.07. The molecule has 0 aliphatic heterocycles. The van der Waals surface area contributed by atoms with Gasteiger partial charge < -0.3 is 4.74 Å². The Morgan fingerprint density at radius 2 is 1.62 bits per heavy atom. The number of rotatable bonds is 4. The van der Waals surface area contributed by atoms with Crippen molar-refractivity contribution in [2.45, 2.75) is 6.92 Å². The maximum absolute atomic E-state index is 12.1. The van der Waals surface area contributed by atoms with E-state index in [4.69, 9.17) is 10.00 Å². The molecule has 3 aromatic rings. The second kappa shape index (κ2) is 7.91. The summed E-state index contributed by atoms with van der Waals surface area (Å²) in [6.07, 6.45) is 1.72. The molecule has 0 amide bonds. The van der Waals surface area contributed by atoms with Crippen LogP contribution < -0.4 is 4.74 Å². The molecule has 0 heterocycles. The quantitative estimate of drug-likeness (QED) is 0.388. The fourth-order valence-electron chi connectivity index (χ4n) is 2.25. The maximum atomic E-state index is 12.1. The molecule has 0 N–H and O–H groups in total. The Hall–Kier alpha value is -3.71. The number of nitriles is 1. The molecule has 0 aliphatic rings. The number of hydrogen-bond donors (Lipinski definition) is 0. The average Bonchev–Trinajstić information content (AvgIpc) is 2.68. The van der Waals surface area contributed by atoms with Gasteiger partial charge >= 0.3 is 5.97 Å². The molecule has 0 fully saturated rings. The van der Waals surface area contributed by atoms with Crippen LogP contribution in [0.15, 0.2) is 77.8 Å². The molecule has 0 unspecified atom stereocenters. The zero-order chi connectivity index (χ0) is 18.4. The summed E-state index contributed by atoms with van der Waals surface area (Å²) in [5, 5.41) is 8.79. The van der Waals surface area contributed by atoms with E-state index in [0.29, 0.717) is 16.9 Å². The summed E-state index contributed by atoms with van der Waals surface area (Å²) in [6.45, 7) is 1.96. The summed E-state index contributed by atoms with van der Waals surface area (Å²) < 4.78 is 5.36. The van der Waals surface area contributed by atoms with Crippen LogP contribution in [0.2, 0.25) is 0 Å². The zero-order valence-electron chi connectivity index (χ0n) is 14.2. The number of carbonyl (C=O) groups excluding carboxylic acids is 1. The second-order valence-corrected chi connectivity index (χ2v) is 5.74. The molecule has 0 bridgehead atoms. The van der Waals surface area contributed by atoms with Crippen LogP contribution >= 0.6 is 0 Å². The Morgan fingerprint density at radius 1 is 0.962 bits per heavy atom. The van der Waals surface area contributed by atoms with Crippen LogP contribution in [0, 0.1) is 18.3 Å². The molecule has 0 spiro atoms. The van der Waals surface area contributed by atoms with Crippen LogP contribution in [0.3, 0.4) is 0 Å². The molecule has 3 aromatic carbocycles. The molecular weight excluding hydrogens is 324 g/mol. The van der Waals surface area contributed by atoms with Crippen molar-refractivity contribution in [1.82, 2.24) is 0 Å². The normalized spacial score (nSPS) is 10.5. The van der Waals surface area contributed by atoms with Crippen LogP contribution in [0.1, 0.15) is 27.0 Å².